The van der Waals surface area contributed by atoms with Gasteiger partial charge in [0.05, 0.1) is 0 Å². The van der Waals surface area contributed by atoms with Crippen LogP contribution in [0.5, 0.6) is 0 Å². The minimum absolute atomic E-state index is 0.0395. The molecule has 3 aromatic rings. The summed E-state index contributed by atoms with van der Waals surface area (Å²) in [4.78, 5) is 0. The number of halogens is 1. The first-order valence-corrected chi connectivity index (χ1v) is 14.5. The van der Waals surface area contributed by atoms with Crippen LogP contribution in [0.2, 0.25) is 0 Å². The van der Waals surface area contributed by atoms with Gasteiger partial charge in [-0.1, -0.05) is 114 Å². The lowest BCUT2D eigenvalue weighted by atomic mass is 9.78. The quantitative estimate of drug-likeness (QED) is 0.199. The maximum absolute atomic E-state index is 15.3. The molecule has 1 heteroatoms. The third-order valence-electron chi connectivity index (χ3n) is 8.16. The van der Waals surface area contributed by atoms with Gasteiger partial charge in [-0.25, -0.2) is 4.39 Å². The van der Waals surface area contributed by atoms with Crippen LogP contribution < -0.4 is 0 Å². The van der Waals surface area contributed by atoms with Crippen LogP contribution in [0.3, 0.4) is 0 Å². The van der Waals surface area contributed by atoms with Crippen LogP contribution in [0.15, 0.2) is 54.6 Å². The van der Waals surface area contributed by atoms with E-state index in [-0.39, 0.29) is 5.82 Å². The van der Waals surface area contributed by atoms with Crippen LogP contribution >= 0.6 is 0 Å². The Bertz CT molecular complexity index is 1150. The first-order chi connectivity index (χ1) is 17.7. The van der Waals surface area contributed by atoms with Crippen molar-refractivity contribution in [3.05, 3.63) is 82.7 Å². The average molecular weight is 483 g/mol. The van der Waals surface area contributed by atoms with Gasteiger partial charge < -0.3 is 0 Å². The van der Waals surface area contributed by atoms with E-state index in [4.69, 9.17) is 0 Å². The largest absolute Gasteiger partial charge is 0.206 e. The predicted octanol–water partition coefficient (Wildman–Crippen LogP) is 10.0. The monoisotopic (exact) mass is 482 g/mol. The van der Waals surface area contributed by atoms with Crippen molar-refractivity contribution in [3.8, 4) is 11.8 Å². The van der Waals surface area contributed by atoms with E-state index in [1.54, 1.807) is 0 Å². The summed E-state index contributed by atoms with van der Waals surface area (Å²) in [5.41, 5.74) is 4.20. The van der Waals surface area contributed by atoms with E-state index in [2.05, 4.69) is 56.0 Å². The summed E-state index contributed by atoms with van der Waals surface area (Å²) < 4.78 is 15.3. The van der Waals surface area contributed by atoms with Gasteiger partial charge >= 0.3 is 0 Å². The van der Waals surface area contributed by atoms with Gasteiger partial charge in [-0.3, -0.25) is 0 Å². The molecule has 0 saturated heterocycles. The summed E-state index contributed by atoms with van der Waals surface area (Å²) >= 11 is 0. The number of hydrogen-bond donors (Lipinski definition) is 0. The number of hydrogen-bond acceptors (Lipinski definition) is 0. The van der Waals surface area contributed by atoms with E-state index in [0.717, 1.165) is 58.6 Å². The smallest absolute Gasteiger partial charge is 0.134 e. The van der Waals surface area contributed by atoms with Crippen LogP contribution in [0.25, 0.3) is 10.8 Å². The van der Waals surface area contributed by atoms with Crippen molar-refractivity contribution in [2.75, 3.05) is 0 Å². The molecule has 0 heterocycles. The highest BCUT2D eigenvalue weighted by atomic mass is 19.1. The highest BCUT2D eigenvalue weighted by molar-refractivity contribution is 5.85. The van der Waals surface area contributed by atoms with Crippen molar-refractivity contribution in [2.45, 2.75) is 97.3 Å². The minimum atomic E-state index is -0.0395. The van der Waals surface area contributed by atoms with E-state index < -0.39 is 0 Å². The fourth-order valence-corrected chi connectivity index (χ4v) is 5.75. The van der Waals surface area contributed by atoms with Gasteiger partial charge in [0.2, 0.25) is 0 Å². The van der Waals surface area contributed by atoms with Crippen LogP contribution in [0.1, 0.15) is 107 Å². The van der Waals surface area contributed by atoms with E-state index in [9.17, 15) is 0 Å². The fourth-order valence-electron chi connectivity index (χ4n) is 5.75. The second kappa shape index (κ2) is 13.6. The number of aryl methyl sites for hydroxylation is 2. The van der Waals surface area contributed by atoms with Crippen molar-refractivity contribution in [3.63, 3.8) is 0 Å². The van der Waals surface area contributed by atoms with Gasteiger partial charge in [0.15, 0.2) is 0 Å². The Balaban J connectivity index is 1.34. The first-order valence-electron chi connectivity index (χ1n) is 14.5. The van der Waals surface area contributed by atoms with Gasteiger partial charge in [-0.15, -0.1) is 0 Å². The van der Waals surface area contributed by atoms with E-state index >= 15 is 4.39 Å². The summed E-state index contributed by atoms with van der Waals surface area (Å²) in [5, 5.41) is 1.66. The molecule has 0 atom stereocenters. The van der Waals surface area contributed by atoms with Gasteiger partial charge in [-0.2, -0.15) is 0 Å². The number of rotatable bonds is 10. The molecule has 0 nitrogen and oxygen atoms in total. The maximum Gasteiger partial charge on any atom is 0.134 e. The molecule has 0 aliphatic heterocycles. The SMILES string of the molecule is CCCCCc1ccc(C#Cc2ccc3c(F)c(CCC4CCC(CCCC)CC4)ccc3c2)cc1. The van der Waals surface area contributed by atoms with Crippen molar-refractivity contribution >= 4 is 10.8 Å². The lowest BCUT2D eigenvalue weighted by molar-refractivity contribution is 0.249. The third kappa shape index (κ3) is 7.46. The average Bonchev–Trinajstić information content (AvgIpc) is 2.92. The molecule has 1 aliphatic carbocycles. The van der Waals surface area contributed by atoms with Gasteiger partial charge in [0, 0.05) is 16.5 Å². The van der Waals surface area contributed by atoms with Crippen molar-refractivity contribution < 1.29 is 4.39 Å². The standard InChI is InChI=1S/C35H43F/c1-3-5-7-9-28-12-14-29(15-13-28)18-19-31-21-25-34-33(26-31)24-23-32(35(34)36)22-20-30-16-10-27(11-17-30)8-6-4-2/h12-15,21,23-27,30H,3-11,16-17,20,22H2,1-2H3. The lowest BCUT2D eigenvalue weighted by Crippen LogP contribution is -2.15. The Morgan fingerprint density at radius 1 is 0.694 bits per heavy atom. The fraction of sp³-hybridized carbons (Fsp3) is 0.486. The summed E-state index contributed by atoms with van der Waals surface area (Å²) in [6.45, 7) is 4.52. The van der Waals surface area contributed by atoms with E-state index in [0.29, 0.717) is 0 Å². The zero-order valence-electron chi connectivity index (χ0n) is 22.4. The van der Waals surface area contributed by atoms with E-state index in [1.807, 2.05) is 24.3 Å². The second-order valence-corrected chi connectivity index (χ2v) is 10.9. The van der Waals surface area contributed by atoms with Crippen LogP contribution in [0, 0.1) is 29.5 Å². The second-order valence-electron chi connectivity index (χ2n) is 10.9. The van der Waals surface area contributed by atoms with Gasteiger partial charge in [0.1, 0.15) is 5.82 Å². The molecule has 0 aromatic heterocycles. The first kappa shape index (κ1) is 26.5. The zero-order valence-corrected chi connectivity index (χ0v) is 22.4. The molecule has 36 heavy (non-hydrogen) atoms. The molecule has 0 bridgehead atoms. The maximum atomic E-state index is 15.3. The highest BCUT2D eigenvalue weighted by Gasteiger charge is 2.21. The predicted molar refractivity (Wildman–Crippen MR) is 153 cm³/mol. The molecular weight excluding hydrogens is 439 g/mol. The summed E-state index contributed by atoms with van der Waals surface area (Å²) in [7, 11) is 0. The van der Waals surface area contributed by atoms with Crippen LogP contribution in [0.4, 0.5) is 4.39 Å². The molecular formula is C35H43F. The van der Waals surface area contributed by atoms with Crippen LogP contribution in [-0.4, -0.2) is 0 Å². The third-order valence-corrected chi connectivity index (χ3v) is 8.16. The van der Waals surface area contributed by atoms with Crippen molar-refractivity contribution in [1.29, 1.82) is 0 Å². The van der Waals surface area contributed by atoms with Crippen molar-refractivity contribution in [2.24, 2.45) is 11.8 Å². The van der Waals surface area contributed by atoms with E-state index in [1.165, 1.54) is 69.8 Å². The minimum Gasteiger partial charge on any atom is -0.206 e. The van der Waals surface area contributed by atoms with Crippen LogP contribution in [-0.2, 0) is 12.8 Å². The summed E-state index contributed by atoms with van der Waals surface area (Å²) in [6, 6.07) is 18.6. The molecule has 1 aliphatic rings. The molecule has 0 unspecified atom stereocenters. The molecule has 190 valence electrons. The Hall–Kier alpha value is -2.59. The molecule has 3 aromatic carbocycles. The Morgan fingerprint density at radius 3 is 2.08 bits per heavy atom. The van der Waals surface area contributed by atoms with Gasteiger partial charge in [0.25, 0.3) is 0 Å². The highest BCUT2D eigenvalue weighted by Crippen LogP contribution is 2.34. The molecule has 0 spiro atoms. The molecule has 1 saturated carbocycles. The molecule has 0 amide bonds. The number of unbranched alkanes of at least 4 members (excludes halogenated alkanes) is 3. The van der Waals surface area contributed by atoms with Crippen molar-refractivity contribution in [1.82, 2.24) is 0 Å². The Labute approximate surface area is 218 Å². The molecule has 0 radical (unpaired) electrons. The molecule has 0 N–H and O–H groups in total. The Morgan fingerprint density at radius 2 is 1.36 bits per heavy atom. The summed E-state index contributed by atoms with van der Waals surface area (Å²) in [6.07, 6.45) is 16.4. The topological polar surface area (TPSA) is 0 Å². The normalized spacial score (nSPS) is 17.6. The summed E-state index contributed by atoms with van der Waals surface area (Å²) in [5.74, 6) is 8.21. The van der Waals surface area contributed by atoms with Gasteiger partial charge in [-0.05, 0) is 78.3 Å². The Kier molecular flexibility index (Phi) is 10.0. The molecule has 1 fully saturated rings. The molecule has 4 rings (SSSR count). The number of benzene rings is 3. The zero-order chi connectivity index (χ0) is 25.2. The number of fused-ring (bicyclic) bond motifs is 1. The lowest BCUT2D eigenvalue weighted by Gasteiger charge is -2.28.